The van der Waals surface area contributed by atoms with Gasteiger partial charge < -0.3 is 24.6 Å². The summed E-state index contributed by atoms with van der Waals surface area (Å²) in [6.45, 7) is 4.86. The third-order valence-corrected chi connectivity index (χ3v) is 5.18. The molecule has 0 saturated carbocycles. The van der Waals surface area contributed by atoms with Crippen molar-refractivity contribution >= 4 is 17.9 Å². The Kier molecular flexibility index (Phi) is 15.9. The predicted octanol–water partition coefficient (Wildman–Crippen LogP) is 2.98. The van der Waals surface area contributed by atoms with Crippen LogP contribution in [0.2, 0.25) is 0 Å². The summed E-state index contributed by atoms with van der Waals surface area (Å²) < 4.78 is 0.597. The van der Waals surface area contributed by atoms with Crippen LogP contribution in [-0.2, 0) is 14.4 Å². The second-order valence-electron chi connectivity index (χ2n) is 7.82. The zero-order chi connectivity index (χ0) is 22.0. The highest BCUT2D eigenvalue weighted by molar-refractivity contribution is 5.66. The number of allylic oxidation sites excluding steroid dienone is 2. The molecule has 0 aliphatic heterocycles. The van der Waals surface area contributed by atoms with Crippen molar-refractivity contribution in [3.8, 4) is 0 Å². The van der Waals surface area contributed by atoms with Crippen LogP contribution in [0.3, 0.4) is 0 Å². The molecule has 168 valence electrons. The molecule has 7 heteroatoms. The van der Waals surface area contributed by atoms with Gasteiger partial charge in [-0.3, -0.25) is 9.59 Å². The fraction of sp³-hybridized carbons (Fsp3) is 0.773. The first kappa shape index (κ1) is 27.1. The van der Waals surface area contributed by atoms with E-state index >= 15 is 0 Å². The van der Waals surface area contributed by atoms with Gasteiger partial charge in [-0.15, -0.1) is 0 Å². The molecule has 0 aliphatic rings. The summed E-state index contributed by atoms with van der Waals surface area (Å²) in [6, 6.07) is 0. The predicted molar refractivity (Wildman–Crippen MR) is 110 cm³/mol. The molecule has 0 atom stereocenters. The number of hydrogen-bond donors (Lipinski definition) is 2. The minimum atomic E-state index is -1.09. The van der Waals surface area contributed by atoms with Crippen LogP contribution in [0.25, 0.3) is 0 Å². The highest BCUT2D eigenvalue weighted by Crippen LogP contribution is 2.18. The van der Waals surface area contributed by atoms with Crippen LogP contribution in [0.1, 0.15) is 84.0 Å². The number of carboxylic acids is 3. The van der Waals surface area contributed by atoms with E-state index in [0.29, 0.717) is 43.4 Å². The molecule has 0 heterocycles. The summed E-state index contributed by atoms with van der Waals surface area (Å²) >= 11 is 0. The number of carboxylic acid groups (broad SMARTS) is 3. The SMILES string of the molecule is CCC/C=C/CCCCC[N+](CCCC(=O)[O-])(CCCC(=O)O)CCCC(=O)O. The van der Waals surface area contributed by atoms with Gasteiger partial charge in [0.2, 0.25) is 0 Å². The smallest absolute Gasteiger partial charge is 0.303 e. The van der Waals surface area contributed by atoms with E-state index < -0.39 is 17.9 Å². The van der Waals surface area contributed by atoms with Crippen molar-refractivity contribution in [2.45, 2.75) is 84.0 Å². The van der Waals surface area contributed by atoms with Crippen molar-refractivity contribution in [2.24, 2.45) is 0 Å². The van der Waals surface area contributed by atoms with Gasteiger partial charge in [0.1, 0.15) is 0 Å². The molecule has 0 saturated heterocycles. The van der Waals surface area contributed by atoms with Crippen molar-refractivity contribution < 1.29 is 34.2 Å². The minimum absolute atomic E-state index is 0.0277. The van der Waals surface area contributed by atoms with Gasteiger partial charge in [0.05, 0.1) is 39.0 Å². The van der Waals surface area contributed by atoms with E-state index in [1.165, 1.54) is 0 Å². The van der Waals surface area contributed by atoms with Gasteiger partial charge in [0.25, 0.3) is 0 Å². The van der Waals surface area contributed by atoms with Crippen LogP contribution in [0.15, 0.2) is 12.2 Å². The zero-order valence-corrected chi connectivity index (χ0v) is 17.9. The van der Waals surface area contributed by atoms with Crippen molar-refractivity contribution in [2.75, 3.05) is 26.2 Å². The lowest BCUT2D eigenvalue weighted by atomic mass is 10.1. The molecule has 0 aliphatic carbocycles. The fourth-order valence-electron chi connectivity index (χ4n) is 3.65. The summed E-state index contributed by atoms with van der Waals surface area (Å²) in [7, 11) is 0. The Bertz CT molecular complexity index is 453. The lowest BCUT2D eigenvalue weighted by molar-refractivity contribution is -0.929. The number of aliphatic carboxylic acids is 3. The fourth-order valence-corrected chi connectivity index (χ4v) is 3.65. The Morgan fingerprint density at radius 3 is 1.69 bits per heavy atom. The quantitative estimate of drug-likeness (QED) is 0.180. The maximum absolute atomic E-state index is 10.9. The number of rotatable bonds is 20. The number of unbranched alkanes of at least 4 members (excludes halogenated alkanes) is 4. The lowest BCUT2D eigenvalue weighted by Gasteiger charge is -2.39. The van der Waals surface area contributed by atoms with Crippen molar-refractivity contribution in [1.82, 2.24) is 0 Å². The largest absolute Gasteiger partial charge is 0.550 e. The molecule has 0 aromatic heterocycles. The van der Waals surface area contributed by atoms with E-state index in [-0.39, 0.29) is 19.3 Å². The van der Waals surface area contributed by atoms with Gasteiger partial charge in [-0.25, -0.2) is 0 Å². The number of nitrogens with zero attached hydrogens (tertiary/aromatic N) is 1. The lowest BCUT2D eigenvalue weighted by Crippen LogP contribution is -2.51. The first-order valence-electron chi connectivity index (χ1n) is 10.9. The average Bonchev–Trinajstić information content (AvgIpc) is 2.63. The standard InChI is InChI=1S/C22H39NO6/c1-2-3-4-5-6-7-8-9-16-23(17-10-13-20(24)25,18-11-14-21(26)27)19-12-15-22(28)29/h4-5H,2-3,6-19H2,1H3,(H2-,24,25,26,27,28,29)/b5-4+. The number of hydrogen-bond acceptors (Lipinski definition) is 4. The Morgan fingerprint density at radius 2 is 1.21 bits per heavy atom. The van der Waals surface area contributed by atoms with Gasteiger partial charge in [-0.1, -0.05) is 25.5 Å². The van der Waals surface area contributed by atoms with Crippen LogP contribution in [0, 0.1) is 0 Å². The van der Waals surface area contributed by atoms with E-state index in [2.05, 4.69) is 19.1 Å². The molecule has 0 aromatic carbocycles. The molecule has 0 fully saturated rings. The van der Waals surface area contributed by atoms with Crippen molar-refractivity contribution in [3.63, 3.8) is 0 Å². The van der Waals surface area contributed by atoms with Crippen molar-refractivity contribution in [3.05, 3.63) is 12.2 Å². The molecule has 0 aromatic rings. The van der Waals surface area contributed by atoms with E-state index in [9.17, 15) is 19.5 Å². The van der Waals surface area contributed by atoms with E-state index in [1.807, 2.05) is 0 Å². The van der Waals surface area contributed by atoms with E-state index in [1.54, 1.807) is 0 Å². The summed E-state index contributed by atoms with van der Waals surface area (Å²) in [4.78, 5) is 32.7. The van der Waals surface area contributed by atoms with Crippen LogP contribution in [-0.4, -0.2) is 58.8 Å². The number of carbonyl (C=O) groups is 3. The second kappa shape index (κ2) is 17.0. The Hall–Kier alpha value is -1.89. The molecule has 7 nitrogen and oxygen atoms in total. The maximum atomic E-state index is 10.9. The summed E-state index contributed by atoms with van der Waals surface area (Å²) in [5, 5.41) is 28.8. The van der Waals surface area contributed by atoms with Crippen LogP contribution in [0.5, 0.6) is 0 Å². The monoisotopic (exact) mass is 413 g/mol. The molecule has 0 spiro atoms. The molecule has 2 N–H and O–H groups in total. The molecule has 0 unspecified atom stereocenters. The molecule has 29 heavy (non-hydrogen) atoms. The zero-order valence-electron chi connectivity index (χ0n) is 17.9. The van der Waals surface area contributed by atoms with Gasteiger partial charge in [-0.05, 0) is 38.5 Å². The van der Waals surface area contributed by atoms with Gasteiger partial charge in [-0.2, -0.15) is 0 Å². The second-order valence-corrected chi connectivity index (χ2v) is 7.82. The number of carbonyl (C=O) groups excluding carboxylic acids is 1. The average molecular weight is 414 g/mol. The normalized spacial score (nSPS) is 11.8. The van der Waals surface area contributed by atoms with Crippen LogP contribution < -0.4 is 5.11 Å². The third kappa shape index (κ3) is 16.7. The van der Waals surface area contributed by atoms with Crippen LogP contribution >= 0.6 is 0 Å². The Morgan fingerprint density at radius 1 is 0.724 bits per heavy atom. The molecule has 0 amide bonds. The summed E-state index contributed by atoms with van der Waals surface area (Å²) in [6.07, 6.45) is 12.4. The molecular formula is C22H39NO6. The van der Waals surface area contributed by atoms with Crippen molar-refractivity contribution in [1.29, 1.82) is 0 Å². The summed E-state index contributed by atoms with van der Waals surface area (Å²) in [5.74, 6) is -2.78. The highest BCUT2D eigenvalue weighted by atomic mass is 16.4. The number of quaternary nitrogens is 1. The van der Waals surface area contributed by atoms with Crippen LogP contribution in [0.4, 0.5) is 0 Å². The van der Waals surface area contributed by atoms with E-state index in [0.717, 1.165) is 45.1 Å². The topological polar surface area (TPSA) is 115 Å². The van der Waals surface area contributed by atoms with Gasteiger partial charge >= 0.3 is 11.9 Å². The maximum Gasteiger partial charge on any atom is 0.303 e. The molecular weight excluding hydrogens is 374 g/mol. The first-order valence-corrected chi connectivity index (χ1v) is 10.9. The summed E-state index contributed by atoms with van der Waals surface area (Å²) in [5.41, 5.74) is 0. The van der Waals surface area contributed by atoms with Gasteiger partial charge in [0, 0.05) is 25.2 Å². The Labute approximate surface area is 175 Å². The molecule has 0 bridgehead atoms. The Balaban J connectivity index is 4.81. The minimum Gasteiger partial charge on any atom is -0.550 e. The molecule has 0 radical (unpaired) electrons. The molecule has 0 rings (SSSR count). The van der Waals surface area contributed by atoms with E-state index in [4.69, 9.17) is 10.2 Å². The third-order valence-electron chi connectivity index (χ3n) is 5.18. The van der Waals surface area contributed by atoms with Gasteiger partial charge in [0.15, 0.2) is 0 Å². The first-order chi connectivity index (χ1) is 13.8. The highest BCUT2D eigenvalue weighted by Gasteiger charge is 2.26.